The van der Waals surface area contributed by atoms with Crippen molar-refractivity contribution in [2.45, 2.75) is 51.5 Å². The van der Waals surface area contributed by atoms with Crippen molar-refractivity contribution in [2.24, 2.45) is 5.92 Å². The number of hydrogen-bond donors (Lipinski definition) is 0. The van der Waals surface area contributed by atoms with Crippen LogP contribution in [0.15, 0.2) is 28.8 Å². The highest BCUT2D eigenvalue weighted by atomic mass is 16.5. The van der Waals surface area contributed by atoms with Crippen molar-refractivity contribution in [1.82, 2.24) is 24.8 Å². The molecule has 0 amide bonds. The summed E-state index contributed by atoms with van der Waals surface area (Å²) >= 11 is 0. The van der Waals surface area contributed by atoms with Gasteiger partial charge in [0.15, 0.2) is 11.5 Å². The molecule has 2 fully saturated rings. The first-order chi connectivity index (χ1) is 14.7. The van der Waals surface area contributed by atoms with Crippen LogP contribution in [0.1, 0.15) is 57.3 Å². The van der Waals surface area contributed by atoms with Crippen LogP contribution in [0.4, 0.5) is 0 Å². The quantitative estimate of drug-likeness (QED) is 0.627. The molecule has 160 valence electrons. The zero-order valence-electron chi connectivity index (χ0n) is 18.0. The Morgan fingerprint density at radius 1 is 1.07 bits per heavy atom. The highest BCUT2D eigenvalue weighted by Crippen LogP contribution is 2.32. The minimum atomic E-state index is 0.270. The minimum Gasteiger partial charge on any atom is -0.381 e. The van der Waals surface area contributed by atoms with Crippen LogP contribution in [0.2, 0.25) is 0 Å². The van der Waals surface area contributed by atoms with E-state index >= 15 is 0 Å². The average Bonchev–Trinajstić information content (AvgIpc) is 3.40. The zero-order valence-corrected chi connectivity index (χ0v) is 18.0. The maximum atomic E-state index is 5.69. The van der Waals surface area contributed by atoms with E-state index < -0.39 is 0 Å². The van der Waals surface area contributed by atoms with Crippen molar-refractivity contribution < 1.29 is 9.26 Å². The van der Waals surface area contributed by atoms with Gasteiger partial charge in [-0.25, -0.2) is 0 Å². The van der Waals surface area contributed by atoms with E-state index in [1.807, 2.05) is 16.8 Å². The first kappa shape index (κ1) is 19.7. The second-order valence-corrected chi connectivity index (χ2v) is 8.99. The van der Waals surface area contributed by atoms with Crippen LogP contribution in [0.25, 0.3) is 22.5 Å². The zero-order chi connectivity index (χ0) is 20.5. The summed E-state index contributed by atoms with van der Waals surface area (Å²) in [6.45, 7) is 9.54. The van der Waals surface area contributed by atoms with Gasteiger partial charge in [0.05, 0.1) is 5.52 Å². The van der Waals surface area contributed by atoms with Crippen LogP contribution < -0.4 is 0 Å². The van der Waals surface area contributed by atoms with E-state index in [4.69, 9.17) is 19.3 Å². The Morgan fingerprint density at radius 3 is 2.60 bits per heavy atom. The van der Waals surface area contributed by atoms with Gasteiger partial charge in [-0.05, 0) is 64.6 Å². The molecule has 30 heavy (non-hydrogen) atoms. The van der Waals surface area contributed by atoms with Crippen molar-refractivity contribution in [3.05, 3.63) is 30.1 Å². The summed E-state index contributed by atoms with van der Waals surface area (Å²) < 4.78 is 13.2. The molecule has 0 aliphatic carbocycles. The summed E-state index contributed by atoms with van der Waals surface area (Å²) in [7, 11) is 0. The Bertz CT molecular complexity index is 981. The van der Waals surface area contributed by atoms with Crippen molar-refractivity contribution in [3.63, 3.8) is 0 Å². The standard InChI is InChI=1S/C23H31N5O2/c1-16(2)28-20-6-4-3-5-19(20)21(25-28)23-24-22(26-30-23)18-7-11-27(12-8-18)15-17-9-13-29-14-10-17/h3-6,16-18H,7-15H2,1-2H3. The average molecular weight is 410 g/mol. The molecule has 2 aliphatic rings. The molecule has 5 rings (SSSR count). The third-order valence-corrected chi connectivity index (χ3v) is 6.56. The first-order valence-corrected chi connectivity index (χ1v) is 11.3. The molecule has 2 aliphatic heterocycles. The molecular weight excluding hydrogens is 378 g/mol. The van der Waals surface area contributed by atoms with Crippen molar-refractivity contribution in [1.29, 1.82) is 0 Å². The second kappa shape index (κ2) is 8.47. The van der Waals surface area contributed by atoms with Gasteiger partial charge in [0.25, 0.3) is 5.89 Å². The maximum absolute atomic E-state index is 5.69. The lowest BCUT2D eigenvalue weighted by atomic mass is 9.93. The normalized spacial score (nSPS) is 19.8. The fourth-order valence-electron chi connectivity index (χ4n) is 4.81. The largest absolute Gasteiger partial charge is 0.381 e. The van der Waals surface area contributed by atoms with Crippen LogP contribution in [0.5, 0.6) is 0 Å². The van der Waals surface area contributed by atoms with Gasteiger partial charge in [-0.2, -0.15) is 10.1 Å². The number of nitrogens with zero attached hydrogens (tertiary/aromatic N) is 5. The van der Waals surface area contributed by atoms with Gasteiger partial charge in [0.1, 0.15) is 0 Å². The summed E-state index contributed by atoms with van der Waals surface area (Å²) in [5, 5.41) is 10.2. The Morgan fingerprint density at radius 2 is 1.83 bits per heavy atom. The Hall–Kier alpha value is -2.25. The first-order valence-electron chi connectivity index (χ1n) is 11.3. The molecule has 0 unspecified atom stereocenters. The molecule has 0 spiro atoms. The lowest BCUT2D eigenvalue weighted by Crippen LogP contribution is -2.38. The molecule has 2 aromatic heterocycles. The highest BCUT2D eigenvalue weighted by molar-refractivity contribution is 5.91. The van der Waals surface area contributed by atoms with Gasteiger partial charge in [0.2, 0.25) is 0 Å². The van der Waals surface area contributed by atoms with Crippen molar-refractivity contribution in [2.75, 3.05) is 32.8 Å². The molecule has 0 saturated carbocycles. The minimum absolute atomic E-state index is 0.270. The lowest BCUT2D eigenvalue weighted by Gasteiger charge is -2.34. The Labute approximate surface area is 177 Å². The van der Waals surface area contributed by atoms with Crippen LogP contribution >= 0.6 is 0 Å². The van der Waals surface area contributed by atoms with Gasteiger partial charge in [-0.3, -0.25) is 4.68 Å². The van der Waals surface area contributed by atoms with Crippen LogP contribution in [0, 0.1) is 5.92 Å². The smallest absolute Gasteiger partial charge is 0.279 e. The van der Waals surface area contributed by atoms with Gasteiger partial charge in [-0.15, -0.1) is 0 Å². The molecule has 7 nitrogen and oxygen atoms in total. The summed E-state index contributed by atoms with van der Waals surface area (Å²) in [6.07, 6.45) is 4.57. The van der Waals surface area contributed by atoms with E-state index in [0.717, 1.165) is 67.5 Å². The Kier molecular flexibility index (Phi) is 5.56. The van der Waals surface area contributed by atoms with E-state index in [0.29, 0.717) is 11.8 Å². The fraction of sp³-hybridized carbons (Fsp3) is 0.609. The van der Waals surface area contributed by atoms with Gasteiger partial charge in [-0.1, -0.05) is 23.4 Å². The SMILES string of the molecule is CC(C)n1nc(-c2nc(C3CCN(CC4CCOCC4)CC3)no2)c2ccccc21. The Balaban J connectivity index is 1.28. The number of likely N-dealkylation sites (tertiary alicyclic amines) is 1. The lowest BCUT2D eigenvalue weighted by molar-refractivity contribution is 0.0486. The molecule has 0 atom stereocenters. The number of para-hydroxylation sites is 1. The van der Waals surface area contributed by atoms with Crippen LogP contribution in [0.3, 0.4) is 0 Å². The molecule has 0 N–H and O–H groups in total. The van der Waals surface area contributed by atoms with E-state index in [1.54, 1.807) is 0 Å². The van der Waals surface area contributed by atoms with Gasteiger partial charge < -0.3 is 14.2 Å². The third-order valence-electron chi connectivity index (χ3n) is 6.56. The van der Waals surface area contributed by atoms with Crippen LogP contribution in [-0.4, -0.2) is 57.7 Å². The molecule has 0 radical (unpaired) electrons. The maximum Gasteiger partial charge on any atom is 0.279 e. The molecule has 1 aromatic carbocycles. The number of aromatic nitrogens is 4. The molecule has 3 aromatic rings. The summed E-state index contributed by atoms with van der Waals surface area (Å²) in [5.41, 5.74) is 1.89. The predicted octanol–water partition coefficient (Wildman–Crippen LogP) is 4.27. The molecule has 0 bridgehead atoms. The number of piperidine rings is 1. The number of ether oxygens (including phenoxy) is 1. The topological polar surface area (TPSA) is 69.2 Å². The number of benzene rings is 1. The van der Waals surface area contributed by atoms with E-state index in [9.17, 15) is 0 Å². The monoisotopic (exact) mass is 409 g/mol. The number of rotatable bonds is 5. The summed E-state index contributed by atoms with van der Waals surface area (Å²) in [5.74, 6) is 2.52. The molecule has 4 heterocycles. The van der Waals surface area contributed by atoms with E-state index in [1.165, 1.54) is 19.4 Å². The van der Waals surface area contributed by atoms with E-state index in [2.05, 4.69) is 36.0 Å². The summed E-state index contributed by atoms with van der Waals surface area (Å²) in [4.78, 5) is 7.38. The number of fused-ring (bicyclic) bond motifs is 1. The highest BCUT2D eigenvalue weighted by Gasteiger charge is 2.28. The van der Waals surface area contributed by atoms with Gasteiger partial charge in [0, 0.05) is 37.1 Å². The van der Waals surface area contributed by atoms with E-state index in [-0.39, 0.29) is 6.04 Å². The third kappa shape index (κ3) is 3.88. The molecular formula is C23H31N5O2. The number of hydrogen-bond acceptors (Lipinski definition) is 6. The van der Waals surface area contributed by atoms with Crippen molar-refractivity contribution in [3.8, 4) is 11.6 Å². The molecule has 7 heteroatoms. The van der Waals surface area contributed by atoms with Crippen LogP contribution in [-0.2, 0) is 4.74 Å². The second-order valence-electron chi connectivity index (χ2n) is 8.99. The van der Waals surface area contributed by atoms with Gasteiger partial charge >= 0.3 is 0 Å². The fourth-order valence-corrected chi connectivity index (χ4v) is 4.81. The summed E-state index contributed by atoms with van der Waals surface area (Å²) in [6, 6.07) is 8.52. The predicted molar refractivity (Wildman–Crippen MR) is 115 cm³/mol. The molecule has 2 saturated heterocycles. The van der Waals surface area contributed by atoms with Crippen molar-refractivity contribution >= 4 is 10.9 Å².